The molecule has 1 aromatic rings. The zero-order chi connectivity index (χ0) is 19.9. The number of aliphatic hydroxyl groups is 1. The second kappa shape index (κ2) is 9.97. The monoisotopic (exact) mass is 390 g/mol. The Morgan fingerprint density at radius 2 is 2.00 bits per heavy atom. The molecule has 0 radical (unpaired) electrons. The van der Waals surface area contributed by atoms with Gasteiger partial charge in [0, 0.05) is 18.3 Å². The number of hydrogen-bond acceptors (Lipinski definition) is 5. The Morgan fingerprint density at radius 1 is 1.35 bits per heavy atom. The second-order valence-corrected chi connectivity index (χ2v) is 6.58. The standard InChI is InChI=1S/C18H25F3N2O2S/c1-6-7-11(2)23-16-12(3)13(17(22-4)26-5)8-9-14(16)25-10-15(24)18(19,20)21/h8-9,15,24H,6-7,10H2,1-5H3/b22-17-,23-11-. The number of rotatable bonds is 7. The third-order valence-corrected chi connectivity index (χ3v) is 4.50. The summed E-state index contributed by atoms with van der Waals surface area (Å²) in [7, 11) is 1.68. The van der Waals surface area contributed by atoms with E-state index >= 15 is 0 Å². The van der Waals surface area contributed by atoms with Crippen LogP contribution >= 0.6 is 11.8 Å². The van der Waals surface area contributed by atoms with E-state index in [1.165, 1.54) is 11.8 Å². The quantitative estimate of drug-likeness (QED) is 0.531. The van der Waals surface area contributed by atoms with E-state index in [9.17, 15) is 18.3 Å². The summed E-state index contributed by atoms with van der Waals surface area (Å²) in [6, 6.07) is 3.32. The van der Waals surface area contributed by atoms with Gasteiger partial charge >= 0.3 is 6.18 Å². The molecular weight excluding hydrogens is 365 g/mol. The van der Waals surface area contributed by atoms with Crippen molar-refractivity contribution in [2.24, 2.45) is 9.98 Å². The number of hydrogen-bond donors (Lipinski definition) is 1. The molecule has 0 aromatic heterocycles. The number of aliphatic hydroxyl groups excluding tert-OH is 1. The first-order chi connectivity index (χ1) is 12.1. The summed E-state index contributed by atoms with van der Waals surface area (Å²) >= 11 is 1.47. The van der Waals surface area contributed by atoms with Crippen LogP contribution in [-0.4, -0.2) is 48.1 Å². The molecule has 0 saturated heterocycles. The zero-order valence-electron chi connectivity index (χ0n) is 15.6. The summed E-state index contributed by atoms with van der Waals surface area (Å²) in [6.45, 7) is 4.85. The molecular formula is C18H25F3N2O2S. The predicted molar refractivity (Wildman–Crippen MR) is 102 cm³/mol. The molecule has 1 N–H and O–H groups in total. The SMILES string of the molecule is CCC/C(C)=N\c1c(OCC(O)C(F)(F)F)ccc(/C(=N/C)SC)c1C. The third-order valence-electron chi connectivity index (χ3n) is 3.71. The van der Waals surface area contributed by atoms with Crippen LogP contribution in [0.25, 0.3) is 0 Å². The van der Waals surface area contributed by atoms with Gasteiger partial charge < -0.3 is 9.84 Å². The van der Waals surface area contributed by atoms with E-state index < -0.39 is 18.9 Å². The lowest BCUT2D eigenvalue weighted by atomic mass is 10.1. The van der Waals surface area contributed by atoms with Gasteiger partial charge in [-0.2, -0.15) is 13.2 Å². The number of aliphatic imine (C=N–C) groups is 2. The van der Waals surface area contributed by atoms with Gasteiger partial charge in [-0.1, -0.05) is 13.3 Å². The predicted octanol–water partition coefficient (Wildman–Crippen LogP) is 4.93. The molecule has 146 valence electrons. The van der Waals surface area contributed by atoms with E-state index in [-0.39, 0.29) is 5.75 Å². The molecule has 0 aliphatic heterocycles. The van der Waals surface area contributed by atoms with E-state index in [1.807, 2.05) is 27.0 Å². The fraction of sp³-hybridized carbons (Fsp3) is 0.556. The maximum Gasteiger partial charge on any atom is 0.417 e. The Morgan fingerprint density at radius 3 is 2.50 bits per heavy atom. The van der Waals surface area contributed by atoms with Gasteiger partial charge in [0.25, 0.3) is 0 Å². The molecule has 0 saturated carbocycles. The van der Waals surface area contributed by atoms with Gasteiger partial charge in [0.2, 0.25) is 0 Å². The molecule has 0 bridgehead atoms. The van der Waals surface area contributed by atoms with Crippen LogP contribution in [-0.2, 0) is 0 Å². The molecule has 0 aliphatic rings. The maximum absolute atomic E-state index is 12.5. The van der Waals surface area contributed by atoms with Crippen molar-refractivity contribution in [2.75, 3.05) is 19.9 Å². The van der Waals surface area contributed by atoms with Gasteiger partial charge in [-0.25, -0.2) is 0 Å². The van der Waals surface area contributed by atoms with Crippen molar-refractivity contribution >= 4 is 28.2 Å². The van der Waals surface area contributed by atoms with Crippen molar-refractivity contribution < 1.29 is 23.0 Å². The summed E-state index contributed by atoms with van der Waals surface area (Å²) in [5.74, 6) is 0.210. The highest BCUT2D eigenvalue weighted by Gasteiger charge is 2.38. The van der Waals surface area contributed by atoms with E-state index in [0.717, 1.165) is 34.7 Å². The van der Waals surface area contributed by atoms with Crippen LogP contribution in [0.4, 0.5) is 18.9 Å². The fourth-order valence-corrected chi connectivity index (χ4v) is 2.98. The fourth-order valence-electron chi connectivity index (χ4n) is 2.36. The smallest absolute Gasteiger partial charge is 0.417 e. The normalized spacial score (nSPS) is 14.5. The molecule has 8 heteroatoms. The molecule has 1 rings (SSSR count). The molecule has 1 atom stereocenters. The summed E-state index contributed by atoms with van der Waals surface area (Å²) < 4.78 is 42.8. The lowest BCUT2D eigenvalue weighted by Gasteiger charge is -2.18. The van der Waals surface area contributed by atoms with Crippen molar-refractivity contribution in [3.63, 3.8) is 0 Å². The van der Waals surface area contributed by atoms with Crippen LogP contribution in [0.2, 0.25) is 0 Å². The van der Waals surface area contributed by atoms with Crippen molar-refractivity contribution in [1.82, 2.24) is 0 Å². The van der Waals surface area contributed by atoms with Gasteiger partial charge in [-0.15, -0.1) is 11.8 Å². The minimum absolute atomic E-state index is 0.210. The number of nitrogens with zero attached hydrogens (tertiary/aromatic N) is 2. The minimum atomic E-state index is -4.72. The number of ether oxygens (including phenoxy) is 1. The zero-order valence-corrected chi connectivity index (χ0v) is 16.5. The van der Waals surface area contributed by atoms with Crippen molar-refractivity contribution in [1.29, 1.82) is 0 Å². The van der Waals surface area contributed by atoms with Gasteiger partial charge in [-0.05, 0) is 44.2 Å². The van der Waals surface area contributed by atoms with E-state index in [1.54, 1.807) is 19.2 Å². The van der Waals surface area contributed by atoms with Gasteiger partial charge in [0.15, 0.2) is 6.10 Å². The van der Waals surface area contributed by atoms with Crippen LogP contribution in [0.3, 0.4) is 0 Å². The topological polar surface area (TPSA) is 54.2 Å². The van der Waals surface area contributed by atoms with E-state index in [2.05, 4.69) is 9.98 Å². The van der Waals surface area contributed by atoms with Crippen LogP contribution < -0.4 is 4.74 Å². The minimum Gasteiger partial charge on any atom is -0.488 e. The molecule has 26 heavy (non-hydrogen) atoms. The van der Waals surface area contributed by atoms with Crippen LogP contribution in [0.5, 0.6) is 5.75 Å². The van der Waals surface area contributed by atoms with E-state index in [0.29, 0.717) is 5.69 Å². The molecule has 4 nitrogen and oxygen atoms in total. The van der Waals surface area contributed by atoms with Crippen molar-refractivity contribution in [3.05, 3.63) is 23.3 Å². The molecule has 0 fully saturated rings. The highest BCUT2D eigenvalue weighted by molar-refractivity contribution is 8.13. The van der Waals surface area contributed by atoms with Crippen molar-refractivity contribution in [2.45, 2.75) is 45.9 Å². The largest absolute Gasteiger partial charge is 0.488 e. The Kier molecular flexibility index (Phi) is 8.62. The number of thioether (sulfide) groups is 1. The highest BCUT2D eigenvalue weighted by Crippen LogP contribution is 2.36. The molecule has 1 aromatic carbocycles. The second-order valence-electron chi connectivity index (χ2n) is 5.78. The third kappa shape index (κ3) is 6.02. The lowest BCUT2D eigenvalue weighted by Crippen LogP contribution is -2.34. The van der Waals surface area contributed by atoms with Crippen molar-refractivity contribution in [3.8, 4) is 5.75 Å². The van der Waals surface area contributed by atoms with E-state index in [4.69, 9.17) is 4.74 Å². The summed E-state index contributed by atoms with van der Waals surface area (Å²) in [5.41, 5.74) is 2.95. The number of benzene rings is 1. The molecule has 0 aliphatic carbocycles. The van der Waals surface area contributed by atoms with Gasteiger partial charge in [0.1, 0.15) is 18.0 Å². The Balaban J connectivity index is 3.32. The first-order valence-corrected chi connectivity index (χ1v) is 9.44. The molecule has 1 unspecified atom stereocenters. The molecule has 0 spiro atoms. The van der Waals surface area contributed by atoms with Crippen LogP contribution in [0, 0.1) is 6.92 Å². The number of halogens is 3. The summed E-state index contributed by atoms with van der Waals surface area (Å²) in [4.78, 5) is 8.80. The molecule has 0 heterocycles. The average molecular weight is 390 g/mol. The first-order valence-electron chi connectivity index (χ1n) is 8.22. The molecule has 0 amide bonds. The van der Waals surface area contributed by atoms with Crippen LogP contribution in [0.15, 0.2) is 22.1 Å². The maximum atomic E-state index is 12.5. The number of alkyl halides is 3. The Labute approximate surface area is 156 Å². The Hall–Kier alpha value is -1.54. The summed E-state index contributed by atoms with van der Waals surface area (Å²) in [6.07, 6.45) is -3.70. The van der Waals surface area contributed by atoms with Gasteiger partial charge in [-0.3, -0.25) is 9.98 Å². The first kappa shape index (κ1) is 22.5. The van der Waals surface area contributed by atoms with Crippen LogP contribution in [0.1, 0.15) is 37.8 Å². The lowest BCUT2D eigenvalue weighted by molar-refractivity contribution is -0.210. The highest BCUT2D eigenvalue weighted by atomic mass is 32.2. The average Bonchev–Trinajstić information content (AvgIpc) is 2.57. The summed E-state index contributed by atoms with van der Waals surface area (Å²) in [5, 5.41) is 9.98. The Bertz CT molecular complexity index is 673. The van der Waals surface area contributed by atoms with Gasteiger partial charge in [0.05, 0.1) is 5.04 Å².